The summed E-state index contributed by atoms with van der Waals surface area (Å²) in [5.74, 6) is 2.19. The Balaban J connectivity index is 1.82. The summed E-state index contributed by atoms with van der Waals surface area (Å²) in [4.78, 5) is 18.8. The van der Waals surface area contributed by atoms with E-state index >= 15 is 0 Å². The third kappa shape index (κ3) is 2.73. The summed E-state index contributed by atoms with van der Waals surface area (Å²) in [5, 5.41) is 4.69. The molecule has 0 N–H and O–H groups in total. The lowest BCUT2D eigenvalue weighted by atomic mass is 10.1. The maximum absolute atomic E-state index is 12.2. The first kappa shape index (κ1) is 15.6. The van der Waals surface area contributed by atoms with Crippen molar-refractivity contribution in [2.45, 2.75) is 26.2 Å². The summed E-state index contributed by atoms with van der Waals surface area (Å²) in [6.45, 7) is 5.45. The number of likely N-dealkylation sites (tertiary alicyclic amines) is 1. The minimum Gasteiger partial charge on any atom is -0.461 e. The van der Waals surface area contributed by atoms with Crippen LogP contribution >= 0.6 is 0 Å². The van der Waals surface area contributed by atoms with Crippen molar-refractivity contribution in [3.8, 4) is 17.3 Å². The van der Waals surface area contributed by atoms with Crippen LogP contribution in [-0.4, -0.2) is 38.7 Å². The number of aryl methyl sites for hydroxylation is 1. The fraction of sp³-hybridized carbons (Fsp3) is 0.316. The summed E-state index contributed by atoms with van der Waals surface area (Å²) >= 11 is 0. The molecule has 1 saturated heterocycles. The lowest BCUT2D eigenvalue weighted by molar-refractivity contribution is -0.127. The van der Waals surface area contributed by atoms with E-state index in [-0.39, 0.29) is 11.8 Å². The number of carbonyl (C=O) groups is 1. The molecular weight excluding hydrogens is 316 g/mol. The van der Waals surface area contributed by atoms with E-state index in [1.165, 1.54) is 0 Å². The van der Waals surface area contributed by atoms with Crippen LogP contribution in [0.5, 0.6) is 0 Å². The van der Waals surface area contributed by atoms with Crippen LogP contribution in [-0.2, 0) is 4.79 Å². The summed E-state index contributed by atoms with van der Waals surface area (Å²) in [5.41, 5.74) is 2.08. The van der Waals surface area contributed by atoms with Gasteiger partial charge in [-0.3, -0.25) is 4.79 Å². The maximum atomic E-state index is 12.2. The van der Waals surface area contributed by atoms with Crippen LogP contribution < -0.4 is 0 Å². The molecule has 6 nitrogen and oxygen atoms in total. The number of aromatic nitrogens is 3. The lowest BCUT2D eigenvalue weighted by Crippen LogP contribution is -2.24. The highest BCUT2D eigenvalue weighted by molar-refractivity contribution is 5.79. The van der Waals surface area contributed by atoms with Crippen molar-refractivity contribution in [2.24, 2.45) is 0 Å². The van der Waals surface area contributed by atoms with Crippen molar-refractivity contribution >= 4 is 5.91 Å². The Kier molecular flexibility index (Phi) is 3.87. The minimum absolute atomic E-state index is 0.0308. The number of hydrogen-bond acceptors (Lipinski definition) is 4. The van der Waals surface area contributed by atoms with E-state index < -0.39 is 0 Å². The highest BCUT2D eigenvalue weighted by Gasteiger charge is 2.34. The second kappa shape index (κ2) is 6.20. The molecule has 1 atom stereocenters. The van der Waals surface area contributed by atoms with Crippen LogP contribution in [0.25, 0.3) is 17.3 Å². The van der Waals surface area contributed by atoms with Gasteiger partial charge < -0.3 is 9.32 Å². The van der Waals surface area contributed by atoms with Gasteiger partial charge in [0.25, 0.3) is 0 Å². The highest BCUT2D eigenvalue weighted by atomic mass is 16.3. The van der Waals surface area contributed by atoms with Crippen LogP contribution in [0.15, 0.2) is 47.1 Å². The molecule has 0 aliphatic carbocycles. The number of hydrogen-bond donors (Lipinski definition) is 0. The molecule has 1 aliphatic rings. The fourth-order valence-electron chi connectivity index (χ4n) is 3.33. The van der Waals surface area contributed by atoms with Crippen molar-refractivity contribution in [3.05, 3.63) is 54.0 Å². The molecule has 1 fully saturated rings. The Morgan fingerprint density at radius 2 is 2.08 bits per heavy atom. The summed E-state index contributed by atoms with van der Waals surface area (Å²) in [7, 11) is 0. The largest absolute Gasteiger partial charge is 0.461 e. The molecule has 1 unspecified atom stereocenters. The molecule has 3 heterocycles. The van der Waals surface area contributed by atoms with E-state index in [1.807, 2.05) is 59.8 Å². The minimum atomic E-state index is 0.0308. The molecule has 0 radical (unpaired) electrons. The molecule has 0 bridgehead atoms. The molecule has 3 aromatic rings. The lowest BCUT2D eigenvalue weighted by Gasteiger charge is -2.14. The van der Waals surface area contributed by atoms with Gasteiger partial charge in [0.15, 0.2) is 5.76 Å². The third-order valence-corrected chi connectivity index (χ3v) is 4.68. The molecule has 0 saturated carbocycles. The van der Waals surface area contributed by atoms with Gasteiger partial charge in [-0.15, -0.1) is 5.10 Å². The first-order valence-electron chi connectivity index (χ1n) is 8.52. The standard InChI is InChI=1S/C19H20N4O2/c1-3-22-12-14(11-17(22)24)19-20-18(16-9-6-10-25-16)21-23(19)15-8-5-4-7-13(15)2/h4-10,14H,3,11-12H2,1-2H3. The Morgan fingerprint density at radius 1 is 1.24 bits per heavy atom. The van der Waals surface area contributed by atoms with E-state index in [2.05, 4.69) is 5.10 Å². The molecule has 1 aliphatic heterocycles. The average Bonchev–Trinajstić information content (AvgIpc) is 3.34. The van der Waals surface area contributed by atoms with E-state index in [1.54, 1.807) is 6.26 Å². The molecule has 6 heteroatoms. The van der Waals surface area contributed by atoms with Crippen LogP contribution in [0.4, 0.5) is 0 Å². The Hall–Kier alpha value is -2.89. The fourth-order valence-corrected chi connectivity index (χ4v) is 3.33. The Morgan fingerprint density at radius 3 is 2.76 bits per heavy atom. The quantitative estimate of drug-likeness (QED) is 0.734. The van der Waals surface area contributed by atoms with Gasteiger partial charge in [-0.25, -0.2) is 9.67 Å². The van der Waals surface area contributed by atoms with Gasteiger partial charge in [0.05, 0.1) is 12.0 Å². The van der Waals surface area contributed by atoms with Crippen molar-refractivity contribution in [1.29, 1.82) is 0 Å². The number of rotatable bonds is 4. The van der Waals surface area contributed by atoms with E-state index in [9.17, 15) is 4.79 Å². The Bertz CT molecular complexity index is 898. The number of amides is 1. The molecule has 25 heavy (non-hydrogen) atoms. The summed E-state index contributed by atoms with van der Waals surface area (Å²) < 4.78 is 7.33. The molecule has 128 valence electrons. The van der Waals surface area contributed by atoms with Crippen LogP contribution in [0.2, 0.25) is 0 Å². The van der Waals surface area contributed by atoms with Gasteiger partial charge in [0.2, 0.25) is 11.7 Å². The zero-order valence-electron chi connectivity index (χ0n) is 14.3. The van der Waals surface area contributed by atoms with Crippen molar-refractivity contribution in [3.63, 3.8) is 0 Å². The number of para-hydroxylation sites is 1. The molecule has 2 aromatic heterocycles. The summed E-state index contributed by atoms with van der Waals surface area (Å²) in [6.07, 6.45) is 2.08. The highest BCUT2D eigenvalue weighted by Crippen LogP contribution is 2.31. The predicted octanol–water partition coefficient (Wildman–Crippen LogP) is 3.17. The second-order valence-electron chi connectivity index (χ2n) is 6.30. The van der Waals surface area contributed by atoms with E-state index in [0.717, 1.165) is 23.6 Å². The van der Waals surface area contributed by atoms with Crippen LogP contribution in [0.1, 0.15) is 30.7 Å². The first-order valence-corrected chi connectivity index (χ1v) is 8.52. The topological polar surface area (TPSA) is 64.2 Å². The van der Waals surface area contributed by atoms with E-state index in [4.69, 9.17) is 9.40 Å². The molecule has 0 spiro atoms. The number of benzene rings is 1. The van der Waals surface area contributed by atoms with Crippen molar-refractivity contribution < 1.29 is 9.21 Å². The second-order valence-corrected chi connectivity index (χ2v) is 6.30. The van der Waals surface area contributed by atoms with Gasteiger partial charge in [-0.2, -0.15) is 0 Å². The molecule has 1 amide bonds. The van der Waals surface area contributed by atoms with Gasteiger partial charge in [-0.05, 0) is 37.6 Å². The normalized spacial score (nSPS) is 17.4. The summed E-state index contributed by atoms with van der Waals surface area (Å²) in [6, 6.07) is 11.7. The van der Waals surface area contributed by atoms with Gasteiger partial charge in [-0.1, -0.05) is 18.2 Å². The van der Waals surface area contributed by atoms with Crippen molar-refractivity contribution in [2.75, 3.05) is 13.1 Å². The zero-order valence-corrected chi connectivity index (χ0v) is 14.3. The number of likely N-dealkylation sites (N-methyl/N-ethyl adjacent to an activating group) is 1. The molecular formula is C19H20N4O2. The average molecular weight is 336 g/mol. The molecule has 1 aromatic carbocycles. The van der Waals surface area contributed by atoms with Gasteiger partial charge in [0.1, 0.15) is 5.82 Å². The number of carbonyl (C=O) groups excluding carboxylic acids is 1. The molecule has 4 rings (SSSR count). The monoisotopic (exact) mass is 336 g/mol. The van der Waals surface area contributed by atoms with Crippen molar-refractivity contribution in [1.82, 2.24) is 19.7 Å². The number of nitrogens with zero attached hydrogens (tertiary/aromatic N) is 4. The van der Waals surface area contributed by atoms with Crippen LogP contribution in [0, 0.1) is 6.92 Å². The Labute approximate surface area is 146 Å². The van der Waals surface area contributed by atoms with Crippen LogP contribution in [0.3, 0.4) is 0 Å². The predicted molar refractivity (Wildman–Crippen MR) is 93.4 cm³/mol. The van der Waals surface area contributed by atoms with Gasteiger partial charge >= 0.3 is 0 Å². The maximum Gasteiger partial charge on any atom is 0.223 e. The van der Waals surface area contributed by atoms with Gasteiger partial charge in [0, 0.05) is 25.4 Å². The SMILES string of the molecule is CCN1CC(c2nc(-c3ccco3)nn2-c2ccccc2C)CC1=O. The third-order valence-electron chi connectivity index (χ3n) is 4.68. The van der Waals surface area contributed by atoms with E-state index in [0.29, 0.717) is 24.6 Å². The smallest absolute Gasteiger partial charge is 0.223 e. The zero-order chi connectivity index (χ0) is 17.4. The first-order chi connectivity index (χ1) is 12.2. The number of furan rings is 1.